The summed E-state index contributed by atoms with van der Waals surface area (Å²) in [5.74, 6) is 2.94. The van der Waals surface area contributed by atoms with Crippen molar-refractivity contribution in [2.45, 2.75) is 37.9 Å². The van der Waals surface area contributed by atoms with Crippen molar-refractivity contribution >= 4 is 23.5 Å². The van der Waals surface area contributed by atoms with E-state index >= 15 is 0 Å². The molecule has 2 aliphatic rings. The molecule has 136 valence electrons. The molecule has 0 spiro atoms. The number of ether oxygens (including phenoxy) is 1. The van der Waals surface area contributed by atoms with Gasteiger partial charge in [0.1, 0.15) is 11.8 Å². The summed E-state index contributed by atoms with van der Waals surface area (Å²) >= 11 is 1.60. The summed E-state index contributed by atoms with van der Waals surface area (Å²) in [4.78, 5) is 17.5. The first-order valence-corrected chi connectivity index (χ1v) is 9.85. The number of Topliss-reactive ketones (excluding diaryl/α,β-unsaturated/α-hetero) is 1. The molecule has 7 heteroatoms. The van der Waals surface area contributed by atoms with E-state index in [1.54, 1.807) is 18.9 Å². The number of carbonyl (C=O) groups excluding carboxylic acids is 1. The largest absolute Gasteiger partial charge is 0.497 e. The molecule has 2 heterocycles. The summed E-state index contributed by atoms with van der Waals surface area (Å²) in [7, 11) is 1.65. The number of fused-ring (bicyclic) bond motifs is 1. The Morgan fingerprint density at radius 3 is 2.77 bits per heavy atom. The second-order valence-corrected chi connectivity index (χ2v) is 7.96. The number of aromatic nitrogens is 3. The summed E-state index contributed by atoms with van der Waals surface area (Å²) < 4.78 is 7.13. The van der Waals surface area contributed by atoms with Gasteiger partial charge in [-0.15, -0.1) is 5.10 Å². The molecule has 0 radical (unpaired) electrons. The average molecular weight is 370 g/mol. The second kappa shape index (κ2) is 6.79. The first-order chi connectivity index (χ1) is 12.6. The van der Waals surface area contributed by atoms with Crippen LogP contribution in [0.3, 0.4) is 0 Å². The highest BCUT2D eigenvalue weighted by atomic mass is 32.2. The number of methoxy groups -OCH3 is 1. The van der Waals surface area contributed by atoms with Crippen molar-refractivity contribution in [2.24, 2.45) is 5.92 Å². The normalized spacial score (nSPS) is 21.9. The Bertz CT molecular complexity index is 872. The van der Waals surface area contributed by atoms with Gasteiger partial charge in [-0.3, -0.25) is 4.79 Å². The van der Waals surface area contributed by atoms with Crippen LogP contribution in [0.25, 0.3) is 0 Å². The third kappa shape index (κ3) is 2.90. The molecule has 0 bridgehead atoms. The third-order valence-electron chi connectivity index (χ3n) is 4.81. The number of hydrogen-bond donors (Lipinski definition) is 1. The summed E-state index contributed by atoms with van der Waals surface area (Å²) in [6.07, 6.45) is 1.44. The van der Waals surface area contributed by atoms with Gasteiger partial charge in [0.25, 0.3) is 0 Å². The number of thioether (sulfide) groups is 1. The number of anilines is 1. The highest BCUT2D eigenvalue weighted by Crippen LogP contribution is 2.42. The van der Waals surface area contributed by atoms with Crippen molar-refractivity contribution in [3.63, 3.8) is 0 Å². The van der Waals surface area contributed by atoms with E-state index in [0.717, 1.165) is 39.9 Å². The van der Waals surface area contributed by atoms with Gasteiger partial charge in [0, 0.05) is 17.7 Å². The summed E-state index contributed by atoms with van der Waals surface area (Å²) in [6, 6.07) is 7.61. The van der Waals surface area contributed by atoms with E-state index in [-0.39, 0.29) is 11.8 Å². The monoisotopic (exact) mass is 370 g/mol. The Balaban J connectivity index is 1.84. The fraction of sp³-hybridized carbons (Fsp3) is 0.421. The van der Waals surface area contributed by atoms with Crippen LogP contribution in [0.2, 0.25) is 0 Å². The summed E-state index contributed by atoms with van der Waals surface area (Å²) in [5.41, 5.74) is 2.82. The molecule has 1 aromatic heterocycles. The van der Waals surface area contributed by atoms with E-state index in [1.807, 2.05) is 28.9 Å². The maximum Gasteiger partial charge on any atom is 0.227 e. The first kappa shape index (κ1) is 17.1. The number of nitrogens with one attached hydrogen (secondary N) is 1. The van der Waals surface area contributed by atoms with Gasteiger partial charge in [0.05, 0.1) is 7.11 Å². The molecule has 1 aliphatic carbocycles. The molecule has 2 atom stereocenters. The van der Waals surface area contributed by atoms with Crippen molar-refractivity contribution < 1.29 is 9.53 Å². The van der Waals surface area contributed by atoms with Gasteiger partial charge >= 0.3 is 0 Å². The van der Waals surface area contributed by atoms with Crippen LogP contribution >= 0.6 is 11.8 Å². The van der Waals surface area contributed by atoms with E-state index < -0.39 is 0 Å². The number of rotatable bonds is 4. The topological polar surface area (TPSA) is 69.0 Å². The molecule has 26 heavy (non-hydrogen) atoms. The van der Waals surface area contributed by atoms with Crippen LogP contribution in [0.15, 0.2) is 40.7 Å². The molecule has 6 nitrogen and oxygen atoms in total. The number of hydrogen-bond acceptors (Lipinski definition) is 6. The number of carbonyl (C=O) groups is 1. The lowest BCUT2D eigenvalue weighted by atomic mass is 9.81. The molecule has 0 unspecified atom stereocenters. The standard InChI is InChI=1S/C19H22N4O2S/c1-4-26-19-21-18-20-14-9-11(2)10-15(24)16(14)17(23(18)22-19)12-5-7-13(25-3)8-6-12/h5-8,11,17H,4,9-10H2,1-3H3,(H,20,21,22)/t11-,17+/m1/s1. The maximum absolute atomic E-state index is 12.9. The molecular weight excluding hydrogens is 348 g/mol. The summed E-state index contributed by atoms with van der Waals surface area (Å²) in [6.45, 7) is 4.19. The van der Waals surface area contributed by atoms with Crippen molar-refractivity contribution in [1.29, 1.82) is 0 Å². The first-order valence-electron chi connectivity index (χ1n) is 8.87. The van der Waals surface area contributed by atoms with Crippen molar-refractivity contribution in [3.8, 4) is 5.75 Å². The average Bonchev–Trinajstić information content (AvgIpc) is 3.02. The number of benzene rings is 1. The lowest BCUT2D eigenvalue weighted by Gasteiger charge is -2.34. The van der Waals surface area contributed by atoms with E-state index in [0.29, 0.717) is 18.3 Å². The van der Waals surface area contributed by atoms with Crippen LogP contribution in [0.5, 0.6) is 5.75 Å². The molecular formula is C19H22N4O2S. The Morgan fingerprint density at radius 2 is 2.08 bits per heavy atom. The number of allylic oxidation sites excluding steroid dienone is 2. The molecule has 4 rings (SSSR count). The Morgan fingerprint density at radius 1 is 1.31 bits per heavy atom. The van der Waals surface area contributed by atoms with Crippen LogP contribution in [-0.4, -0.2) is 33.4 Å². The van der Waals surface area contributed by atoms with Crippen LogP contribution in [0.4, 0.5) is 5.95 Å². The van der Waals surface area contributed by atoms with E-state index in [4.69, 9.17) is 4.74 Å². The van der Waals surface area contributed by atoms with Crippen LogP contribution < -0.4 is 10.1 Å². The zero-order valence-corrected chi connectivity index (χ0v) is 16.0. The van der Waals surface area contributed by atoms with E-state index in [2.05, 4.69) is 29.2 Å². The van der Waals surface area contributed by atoms with Crippen LogP contribution in [0.1, 0.15) is 38.3 Å². The molecule has 0 saturated heterocycles. The SMILES string of the molecule is CCSc1nc2n(n1)[C@@H](c1ccc(OC)cc1)C1=C(C[C@@H](C)CC1=O)N2. The van der Waals surface area contributed by atoms with Gasteiger partial charge in [-0.2, -0.15) is 4.98 Å². The van der Waals surface area contributed by atoms with Gasteiger partial charge in [0.2, 0.25) is 11.1 Å². The smallest absolute Gasteiger partial charge is 0.227 e. The maximum atomic E-state index is 12.9. The molecule has 2 aromatic rings. The van der Waals surface area contributed by atoms with E-state index in [1.165, 1.54) is 0 Å². The minimum absolute atomic E-state index is 0.193. The fourth-order valence-electron chi connectivity index (χ4n) is 3.67. The van der Waals surface area contributed by atoms with E-state index in [9.17, 15) is 4.79 Å². The number of ketones is 1. The minimum Gasteiger partial charge on any atom is -0.497 e. The second-order valence-electron chi connectivity index (χ2n) is 6.73. The van der Waals surface area contributed by atoms with Gasteiger partial charge in [-0.1, -0.05) is 37.7 Å². The summed E-state index contributed by atoms with van der Waals surface area (Å²) in [5, 5.41) is 8.78. The molecule has 0 saturated carbocycles. The highest BCUT2D eigenvalue weighted by molar-refractivity contribution is 7.99. The zero-order valence-electron chi connectivity index (χ0n) is 15.2. The highest BCUT2D eigenvalue weighted by Gasteiger charge is 2.38. The molecule has 0 amide bonds. The molecule has 1 aromatic carbocycles. The van der Waals surface area contributed by atoms with Crippen molar-refractivity contribution in [2.75, 3.05) is 18.2 Å². The Labute approximate surface area is 157 Å². The van der Waals surface area contributed by atoms with Gasteiger partial charge in [-0.05, 0) is 35.8 Å². The Hall–Kier alpha value is -2.28. The minimum atomic E-state index is -0.245. The van der Waals surface area contributed by atoms with Crippen LogP contribution in [-0.2, 0) is 4.79 Å². The third-order valence-corrected chi connectivity index (χ3v) is 5.53. The molecule has 0 fully saturated rings. The van der Waals surface area contributed by atoms with Crippen molar-refractivity contribution in [3.05, 3.63) is 41.1 Å². The quantitative estimate of drug-likeness (QED) is 0.828. The van der Waals surface area contributed by atoms with Crippen LogP contribution in [0, 0.1) is 5.92 Å². The fourth-order valence-corrected chi connectivity index (χ4v) is 4.23. The predicted molar refractivity (Wildman–Crippen MR) is 102 cm³/mol. The molecule has 1 N–H and O–H groups in total. The predicted octanol–water partition coefficient (Wildman–Crippen LogP) is 3.67. The lowest BCUT2D eigenvalue weighted by Crippen LogP contribution is -2.33. The number of nitrogens with zero attached hydrogens (tertiary/aromatic N) is 3. The van der Waals surface area contributed by atoms with Gasteiger partial charge in [0.15, 0.2) is 5.78 Å². The van der Waals surface area contributed by atoms with Crippen molar-refractivity contribution in [1.82, 2.24) is 14.8 Å². The van der Waals surface area contributed by atoms with Gasteiger partial charge < -0.3 is 10.1 Å². The van der Waals surface area contributed by atoms with Gasteiger partial charge in [-0.25, -0.2) is 4.68 Å². The molecule has 1 aliphatic heterocycles. The Kier molecular flexibility index (Phi) is 4.48. The lowest BCUT2D eigenvalue weighted by molar-refractivity contribution is -0.117. The zero-order chi connectivity index (χ0) is 18.3.